The minimum absolute atomic E-state index is 0.0145. The van der Waals surface area contributed by atoms with Crippen LogP contribution in [0.1, 0.15) is 64.6 Å². The molecule has 0 radical (unpaired) electrons. The van der Waals surface area contributed by atoms with Gasteiger partial charge < -0.3 is 9.84 Å². The molecule has 4 nitrogen and oxygen atoms in total. The molecule has 2 rings (SSSR count). The number of benzene rings is 1. The summed E-state index contributed by atoms with van der Waals surface area (Å²) in [6.07, 6.45) is -0.0558. The van der Waals surface area contributed by atoms with Gasteiger partial charge in [0.15, 0.2) is 0 Å². The number of hydrogen-bond donors (Lipinski definition) is 1. The molecule has 1 aromatic carbocycles. The van der Waals surface area contributed by atoms with Gasteiger partial charge in [0.25, 0.3) is 0 Å². The van der Waals surface area contributed by atoms with Crippen LogP contribution < -0.4 is 4.74 Å². The van der Waals surface area contributed by atoms with Crippen molar-refractivity contribution in [3.8, 4) is 17.0 Å². The summed E-state index contributed by atoms with van der Waals surface area (Å²) in [6, 6.07) is 4.37. The quantitative estimate of drug-likeness (QED) is 0.757. The van der Waals surface area contributed by atoms with E-state index in [0.717, 1.165) is 22.6 Å². The first-order valence-electron chi connectivity index (χ1n) is 8.92. The molecule has 2 aromatic rings. The van der Waals surface area contributed by atoms with Crippen molar-refractivity contribution in [2.45, 2.75) is 65.7 Å². The van der Waals surface area contributed by atoms with Crippen LogP contribution in [0.4, 0.5) is 0 Å². The van der Waals surface area contributed by atoms with Crippen LogP contribution in [0.5, 0.6) is 5.75 Å². The summed E-state index contributed by atoms with van der Waals surface area (Å²) in [6.45, 7) is 15.7. The fourth-order valence-corrected chi connectivity index (χ4v) is 3.54. The lowest BCUT2D eigenvalue weighted by Gasteiger charge is -2.29. The molecule has 0 atom stereocenters. The summed E-state index contributed by atoms with van der Waals surface area (Å²) < 4.78 is 6.06. The molecule has 0 aliphatic heterocycles. The van der Waals surface area contributed by atoms with E-state index in [1.807, 2.05) is 12.3 Å². The Morgan fingerprint density at radius 2 is 1.81 bits per heavy atom. The van der Waals surface area contributed by atoms with E-state index in [4.69, 9.17) is 9.84 Å². The molecule has 0 saturated carbocycles. The molecular formula is C21H29NO3S. The standard InChI is InChI=1S/C21H29NO3S/c1-8-25-19-14(16-12-26-17(22-16)11-18(23)24)9-13(20(2,3)4)10-15(19)21(5,6)7/h9-10,12H,8,11H2,1-7H3,(H,23,24). The first kappa shape index (κ1) is 20.4. The number of aromatic nitrogens is 1. The molecule has 1 N–H and O–H groups in total. The predicted molar refractivity (Wildman–Crippen MR) is 107 cm³/mol. The van der Waals surface area contributed by atoms with E-state index in [9.17, 15) is 4.79 Å². The van der Waals surface area contributed by atoms with Gasteiger partial charge in [0, 0.05) is 16.5 Å². The third-order valence-electron chi connectivity index (χ3n) is 4.18. The van der Waals surface area contributed by atoms with Crippen molar-refractivity contribution in [3.05, 3.63) is 33.6 Å². The van der Waals surface area contributed by atoms with Gasteiger partial charge in [-0.05, 0) is 29.4 Å². The molecule has 5 heteroatoms. The van der Waals surface area contributed by atoms with E-state index >= 15 is 0 Å². The SMILES string of the molecule is CCOc1c(-c2csc(CC(=O)O)n2)cc(C(C)(C)C)cc1C(C)(C)C. The van der Waals surface area contributed by atoms with E-state index in [0.29, 0.717) is 11.6 Å². The monoisotopic (exact) mass is 375 g/mol. The first-order chi connectivity index (χ1) is 11.9. The van der Waals surface area contributed by atoms with Gasteiger partial charge in [-0.2, -0.15) is 0 Å². The lowest BCUT2D eigenvalue weighted by Crippen LogP contribution is -2.18. The van der Waals surface area contributed by atoms with Crippen LogP contribution >= 0.6 is 11.3 Å². The highest BCUT2D eigenvalue weighted by molar-refractivity contribution is 7.10. The molecule has 0 fully saturated rings. The fraction of sp³-hybridized carbons (Fsp3) is 0.524. The lowest BCUT2D eigenvalue weighted by molar-refractivity contribution is -0.136. The second-order valence-electron chi connectivity index (χ2n) is 8.53. The maximum absolute atomic E-state index is 11.0. The van der Waals surface area contributed by atoms with Crippen molar-refractivity contribution in [1.82, 2.24) is 4.98 Å². The summed E-state index contributed by atoms with van der Waals surface area (Å²) in [5.41, 5.74) is 3.99. The zero-order chi connectivity index (χ0) is 19.7. The van der Waals surface area contributed by atoms with Gasteiger partial charge >= 0.3 is 5.97 Å². The lowest BCUT2D eigenvalue weighted by atomic mass is 9.78. The minimum atomic E-state index is -0.866. The van der Waals surface area contributed by atoms with Gasteiger partial charge in [-0.15, -0.1) is 11.3 Å². The Balaban J connectivity index is 2.72. The number of carbonyl (C=O) groups is 1. The molecule has 26 heavy (non-hydrogen) atoms. The van der Waals surface area contributed by atoms with Gasteiger partial charge in [-0.3, -0.25) is 4.79 Å². The van der Waals surface area contributed by atoms with Crippen LogP contribution in [0.15, 0.2) is 17.5 Å². The number of thiazole rings is 1. The van der Waals surface area contributed by atoms with Crippen LogP contribution in [0.3, 0.4) is 0 Å². The summed E-state index contributed by atoms with van der Waals surface area (Å²) in [5, 5.41) is 11.6. The number of hydrogen-bond acceptors (Lipinski definition) is 4. The van der Waals surface area contributed by atoms with Crippen molar-refractivity contribution in [2.24, 2.45) is 0 Å². The first-order valence-corrected chi connectivity index (χ1v) is 9.79. The van der Waals surface area contributed by atoms with Crippen molar-refractivity contribution in [1.29, 1.82) is 0 Å². The zero-order valence-corrected chi connectivity index (χ0v) is 17.6. The Hall–Kier alpha value is -1.88. The van der Waals surface area contributed by atoms with Gasteiger partial charge in [0.1, 0.15) is 10.8 Å². The molecule has 0 amide bonds. The zero-order valence-electron chi connectivity index (χ0n) is 16.8. The van der Waals surface area contributed by atoms with E-state index in [1.165, 1.54) is 16.9 Å². The molecule has 0 aliphatic rings. The highest BCUT2D eigenvalue weighted by Gasteiger charge is 2.27. The highest BCUT2D eigenvalue weighted by atomic mass is 32.1. The average Bonchev–Trinajstić information content (AvgIpc) is 2.92. The summed E-state index contributed by atoms with van der Waals surface area (Å²) in [4.78, 5) is 15.6. The van der Waals surface area contributed by atoms with Crippen molar-refractivity contribution < 1.29 is 14.6 Å². The molecular weight excluding hydrogens is 346 g/mol. The summed E-state index contributed by atoms with van der Waals surface area (Å²) >= 11 is 1.38. The van der Waals surface area contributed by atoms with E-state index < -0.39 is 5.97 Å². The average molecular weight is 376 g/mol. The van der Waals surface area contributed by atoms with Crippen LogP contribution in [-0.2, 0) is 22.0 Å². The van der Waals surface area contributed by atoms with Crippen molar-refractivity contribution >= 4 is 17.3 Å². The number of rotatable bonds is 5. The van der Waals surface area contributed by atoms with E-state index in [2.05, 4.69) is 58.7 Å². The van der Waals surface area contributed by atoms with E-state index in [1.54, 1.807) is 0 Å². The molecule has 0 spiro atoms. The van der Waals surface area contributed by atoms with Crippen LogP contribution in [0.2, 0.25) is 0 Å². The van der Waals surface area contributed by atoms with Crippen molar-refractivity contribution in [2.75, 3.05) is 6.61 Å². The number of carboxylic acids is 1. The Bertz CT molecular complexity index is 795. The maximum atomic E-state index is 11.0. The molecule has 0 aliphatic carbocycles. The third-order valence-corrected chi connectivity index (χ3v) is 5.03. The second kappa shape index (κ2) is 7.39. The van der Waals surface area contributed by atoms with Gasteiger partial charge in [-0.25, -0.2) is 4.98 Å². The Kier molecular flexibility index (Phi) is 5.81. The normalized spacial score (nSPS) is 12.3. The topological polar surface area (TPSA) is 59.4 Å². The Morgan fingerprint density at radius 1 is 1.15 bits per heavy atom. The molecule has 1 aromatic heterocycles. The fourth-order valence-electron chi connectivity index (χ4n) is 2.75. The molecule has 142 valence electrons. The summed E-state index contributed by atoms with van der Waals surface area (Å²) in [7, 11) is 0. The number of ether oxygens (including phenoxy) is 1. The highest BCUT2D eigenvalue weighted by Crippen LogP contribution is 2.43. The van der Waals surface area contributed by atoms with Crippen molar-refractivity contribution in [3.63, 3.8) is 0 Å². The van der Waals surface area contributed by atoms with Crippen LogP contribution in [0.25, 0.3) is 11.3 Å². The van der Waals surface area contributed by atoms with Crippen LogP contribution in [-0.4, -0.2) is 22.7 Å². The predicted octanol–water partition coefficient (Wildman–Crippen LogP) is 5.43. The van der Waals surface area contributed by atoms with E-state index in [-0.39, 0.29) is 17.3 Å². The molecule has 0 bridgehead atoms. The smallest absolute Gasteiger partial charge is 0.310 e. The third kappa shape index (κ3) is 4.64. The number of nitrogens with zero attached hydrogens (tertiary/aromatic N) is 1. The molecule has 0 unspecified atom stereocenters. The second-order valence-corrected chi connectivity index (χ2v) is 9.47. The van der Waals surface area contributed by atoms with Gasteiger partial charge in [0.05, 0.1) is 18.7 Å². The number of carboxylic acid groups (broad SMARTS) is 1. The molecule has 0 saturated heterocycles. The number of aliphatic carboxylic acids is 1. The summed E-state index contributed by atoms with van der Waals surface area (Å²) in [5.74, 6) is -0.0186. The van der Waals surface area contributed by atoms with Crippen LogP contribution in [0, 0.1) is 0 Å². The Morgan fingerprint density at radius 3 is 2.31 bits per heavy atom. The minimum Gasteiger partial charge on any atom is -0.493 e. The largest absolute Gasteiger partial charge is 0.493 e. The van der Waals surface area contributed by atoms with Gasteiger partial charge in [0.2, 0.25) is 0 Å². The molecule has 1 heterocycles. The Labute approximate surface area is 160 Å². The van der Waals surface area contributed by atoms with Gasteiger partial charge in [-0.1, -0.05) is 47.6 Å². The maximum Gasteiger partial charge on any atom is 0.310 e.